The molecule has 1 aromatic carbocycles. The average Bonchev–Trinajstić information content (AvgIpc) is 3.08. The minimum atomic E-state index is -1.33. The summed E-state index contributed by atoms with van der Waals surface area (Å²) < 4.78 is 0. The van der Waals surface area contributed by atoms with Crippen LogP contribution in [0, 0.1) is 23.2 Å². The van der Waals surface area contributed by atoms with Gasteiger partial charge in [0.05, 0.1) is 22.2 Å². The van der Waals surface area contributed by atoms with E-state index in [9.17, 15) is 19.5 Å². The summed E-state index contributed by atoms with van der Waals surface area (Å²) in [4.78, 5) is 36.6. The number of halogens is 2. The fourth-order valence-electron chi connectivity index (χ4n) is 5.52. The second kappa shape index (κ2) is 9.25. The Morgan fingerprint density at radius 3 is 2.39 bits per heavy atom. The number of carboxylic acids is 1. The number of carbonyl (C=O) groups excluding carboxylic acids is 2. The van der Waals surface area contributed by atoms with Gasteiger partial charge in [0.15, 0.2) is 0 Å². The molecule has 4 unspecified atom stereocenters. The van der Waals surface area contributed by atoms with E-state index in [2.05, 4.69) is 36.7 Å². The second-order valence-corrected chi connectivity index (χ2v) is 9.92. The predicted molar refractivity (Wildman–Crippen MR) is 119 cm³/mol. The van der Waals surface area contributed by atoms with Crippen LogP contribution >= 0.6 is 23.2 Å². The average molecular weight is 470 g/mol. The number of carbonyl (C=O) groups is 3. The molecule has 2 aliphatic carbocycles. The smallest absolute Gasteiger partial charge is 0.328 e. The summed E-state index contributed by atoms with van der Waals surface area (Å²) in [5.74, 6) is -0.412. The molecule has 2 saturated carbocycles. The molecule has 2 fully saturated rings. The predicted octanol–water partition coefficient (Wildman–Crippen LogP) is 3.94. The maximum absolute atomic E-state index is 12.5. The van der Waals surface area contributed by atoms with E-state index in [1.165, 1.54) is 18.6 Å². The Kier molecular flexibility index (Phi) is 7.06. The van der Waals surface area contributed by atoms with E-state index in [1.54, 1.807) is 6.07 Å². The fourth-order valence-corrected chi connectivity index (χ4v) is 6.09. The molecule has 5 atom stereocenters. The zero-order valence-corrected chi connectivity index (χ0v) is 19.4. The lowest BCUT2D eigenvalue weighted by Gasteiger charge is -2.32. The van der Waals surface area contributed by atoms with Crippen LogP contribution < -0.4 is 16.0 Å². The first-order valence-electron chi connectivity index (χ1n) is 10.6. The number of carboxylic acid groups (broad SMARTS) is 1. The zero-order valence-electron chi connectivity index (χ0n) is 17.9. The highest BCUT2D eigenvalue weighted by Crippen LogP contribution is 2.60. The van der Waals surface area contributed by atoms with Gasteiger partial charge >= 0.3 is 12.0 Å². The van der Waals surface area contributed by atoms with Gasteiger partial charge in [0, 0.05) is 6.04 Å². The van der Waals surface area contributed by atoms with Crippen molar-refractivity contribution in [3.05, 3.63) is 33.8 Å². The highest BCUT2D eigenvalue weighted by atomic mass is 35.5. The maximum atomic E-state index is 12.5. The first kappa shape index (κ1) is 23.7. The molecule has 0 heterocycles. The summed E-state index contributed by atoms with van der Waals surface area (Å²) in [6.45, 7) is 6.46. The molecule has 9 heteroatoms. The lowest BCUT2D eigenvalue weighted by molar-refractivity contribution is -0.139. The van der Waals surface area contributed by atoms with Crippen molar-refractivity contribution in [1.29, 1.82) is 0 Å². The van der Waals surface area contributed by atoms with Gasteiger partial charge in [-0.05, 0) is 48.1 Å². The summed E-state index contributed by atoms with van der Waals surface area (Å²) in [7, 11) is 0. The van der Waals surface area contributed by atoms with Gasteiger partial charge in [0.2, 0.25) is 0 Å². The van der Waals surface area contributed by atoms with Gasteiger partial charge in [-0.2, -0.15) is 0 Å². The summed E-state index contributed by atoms with van der Waals surface area (Å²) in [6, 6.07) is 2.87. The summed E-state index contributed by atoms with van der Waals surface area (Å²) in [5, 5.41) is 17.7. The van der Waals surface area contributed by atoms with E-state index in [0.717, 1.165) is 12.8 Å². The molecule has 2 aliphatic rings. The second-order valence-electron chi connectivity index (χ2n) is 9.11. The van der Waals surface area contributed by atoms with Crippen molar-refractivity contribution in [2.24, 2.45) is 23.2 Å². The fraction of sp³-hybridized carbons (Fsp3) is 0.591. The minimum absolute atomic E-state index is 0.00338. The number of fused-ring (bicyclic) bond motifs is 2. The van der Waals surface area contributed by atoms with Gasteiger partial charge in [0.1, 0.15) is 6.04 Å². The van der Waals surface area contributed by atoms with Crippen LogP contribution in [0.1, 0.15) is 50.4 Å². The Morgan fingerprint density at radius 2 is 1.84 bits per heavy atom. The Hall–Kier alpha value is -1.99. The van der Waals surface area contributed by atoms with Crippen LogP contribution in [0.15, 0.2) is 18.2 Å². The van der Waals surface area contributed by atoms with E-state index in [1.807, 2.05) is 0 Å². The molecule has 0 aliphatic heterocycles. The molecule has 31 heavy (non-hydrogen) atoms. The largest absolute Gasteiger partial charge is 0.480 e. The van der Waals surface area contributed by atoms with E-state index >= 15 is 0 Å². The zero-order chi connectivity index (χ0) is 22.9. The molecule has 0 aromatic heterocycles. The molecule has 0 spiro atoms. The number of aliphatic carboxylic acids is 1. The first-order chi connectivity index (χ1) is 14.6. The monoisotopic (exact) mass is 469 g/mol. The summed E-state index contributed by atoms with van der Waals surface area (Å²) in [6.07, 6.45) is 3.22. The van der Waals surface area contributed by atoms with Crippen molar-refractivity contribution in [1.82, 2.24) is 16.0 Å². The highest BCUT2D eigenvalue weighted by molar-refractivity contribution is 6.39. The van der Waals surface area contributed by atoms with Crippen LogP contribution in [0.2, 0.25) is 10.0 Å². The Labute approximate surface area is 192 Å². The normalized spacial score (nSPS) is 26.9. The number of urea groups is 1. The summed E-state index contributed by atoms with van der Waals surface area (Å²) >= 11 is 12.0. The molecule has 2 bridgehead atoms. The van der Waals surface area contributed by atoms with Crippen molar-refractivity contribution >= 4 is 41.1 Å². The molecule has 170 valence electrons. The molecule has 1 aromatic rings. The standard InChI is InChI=1S/C22H29Cl2N3O4/c1-4-11-8-12-9-15(18(11)22(12,2)3)27-21(31)25-10-16(20(29)30)26-19(28)17-13(23)6-5-7-14(17)24/h5-7,11-12,15-16,18H,4,8-10H2,1-3H3,(H,26,28)(H,29,30)(H2,25,27,31)/t11?,12?,15?,16-,18?/m0/s1. The Bertz CT molecular complexity index is 856. The van der Waals surface area contributed by atoms with E-state index in [-0.39, 0.29) is 33.6 Å². The molecular formula is C22H29Cl2N3O4. The Morgan fingerprint density at radius 1 is 1.19 bits per heavy atom. The van der Waals surface area contributed by atoms with Gasteiger partial charge in [0.25, 0.3) is 5.91 Å². The third-order valence-corrected chi connectivity index (χ3v) is 7.71. The lowest BCUT2D eigenvalue weighted by atomic mass is 9.77. The number of hydrogen-bond acceptors (Lipinski definition) is 3. The number of benzene rings is 1. The molecular weight excluding hydrogens is 441 g/mol. The van der Waals surface area contributed by atoms with Crippen LogP contribution in [0.5, 0.6) is 0 Å². The van der Waals surface area contributed by atoms with Crippen molar-refractivity contribution in [3.8, 4) is 0 Å². The third-order valence-electron chi connectivity index (χ3n) is 7.08. The Balaban J connectivity index is 1.58. The third kappa shape index (κ3) is 4.77. The van der Waals surface area contributed by atoms with Crippen LogP contribution in [0.3, 0.4) is 0 Å². The number of hydrogen-bond donors (Lipinski definition) is 4. The minimum Gasteiger partial charge on any atom is -0.480 e. The maximum Gasteiger partial charge on any atom is 0.328 e. The van der Waals surface area contributed by atoms with Crippen molar-refractivity contribution in [3.63, 3.8) is 0 Å². The number of rotatable bonds is 7. The number of nitrogens with one attached hydrogen (secondary N) is 3. The van der Waals surface area contributed by atoms with Crippen LogP contribution in [-0.2, 0) is 4.79 Å². The van der Waals surface area contributed by atoms with Crippen LogP contribution in [0.25, 0.3) is 0 Å². The van der Waals surface area contributed by atoms with E-state index in [4.69, 9.17) is 23.2 Å². The molecule has 3 rings (SSSR count). The molecule has 4 N–H and O–H groups in total. The van der Waals surface area contributed by atoms with Crippen molar-refractivity contribution in [2.45, 2.75) is 52.1 Å². The first-order valence-corrected chi connectivity index (χ1v) is 11.3. The van der Waals surface area contributed by atoms with Gasteiger partial charge < -0.3 is 21.1 Å². The van der Waals surface area contributed by atoms with E-state index < -0.39 is 23.9 Å². The SMILES string of the molecule is CCC1CC2CC(NC(=O)NC[C@H](NC(=O)c3c(Cl)cccc3Cl)C(=O)O)C1C2(C)C. The van der Waals surface area contributed by atoms with Gasteiger partial charge in [-0.15, -0.1) is 0 Å². The quantitative estimate of drug-likeness (QED) is 0.484. The lowest BCUT2D eigenvalue weighted by Crippen LogP contribution is -2.52. The highest BCUT2D eigenvalue weighted by Gasteiger charge is 2.57. The van der Waals surface area contributed by atoms with Crippen LogP contribution in [0.4, 0.5) is 4.79 Å². The van der Waals surface area contributed by atoms with Crippen molar-refractivity contribution in [2.75, 3.05) is 6.54 Å². The van der Waals surface area contributed by atoms with Crippen molar-refractivity contribution < 1.29 is 19.5 Å². The van der Waals surface area contributed by atoms with Gasteiger partial charge in [-0.3, -0.25) is 4.79 Å². The van der Waals surface area contributed by atoms with Crippen LogP contribution in [-0.4, -0.2) is 41.6 Å². The molecule has 0 saturated heterocycles. The molecule has 3 amide bonds. The topological polar surface area (TPSA) is 108 Å². The molecule has 7 nitrogen and oxygen atoms in total. The molecule has 0 radical (unpaired) electrons. The van der Waals surface area contributed by atoms with Gasteiger partial charge in [-0.1, -0.05) is 56.5 Å². The van der Waals surface area contributed by atoms with Gasteiger partial charge in [-0.25, -0.2) is 9.59 Å². The summed E-state index contributed by atoms with van der Waals surface area (Å²) in [5.41, 5.74) is 0.182. The number of amides is 3. The van der Waals surface area contributed by atoms with E-state index in [0.29, 0.717) is 17.8 Å².